The van der Waals surface area contributed by atoms with Gasteiger partial charge in [0.2, 0.25) is 0 Å². The lowest BCUT2D eigenvalue weighted by Crippen LogP contribution is -2.29. The molecule has 0 aliphatic heterocycles. The van der Waals surface area contributed by atoms with Crippen LogP contribution in [0.25, 0.3) is 88.0 Å². The number of nitrogens with zero attached hydrogens (tertiary/aromatic N) is 2. The van der Waals surface area contributed by atoms with E-state index in [9.17, 15) is 0 Å². The van der Waals surface area contributed by atoms with Crippen LogP contribution in [0.3, 0.4) is 0 Å². The Labute approximate surface area is 494 Å². The summed E-state index contributed by atoms with van der Waals surface area (Å²) in [5, 5.41) is 6.61. The van der Waals surface area contributed by atoms with Crippen LogP contribution in [0.2, 0.25) is 0 Å². The zero-order chi connectivity index (χ0) is 56.6. The maximum Gasteiger partial charge on any atom is 0.159 e. The van der Waals surface area contributed by atoms with Gasteiger partial charge in [0.1, 0.15) is 11.2 Å². The summed E-state index contributed by atoms with van der Waals surface area (Å²) in [5.41, 5.74) is 22.8. The topological polar surface area (TPSA) is 32.8 Å². The average molecular weight is 1090 g/mol. The zero-order valence-electron chi connectivity index (χ0n) is 47.3. The molecule has 1 aliphatic carbocycles. The van der Waals surface area contributed by atoms with Crippen molar-refractivity contribution in [3.8, 4) is 33.4 Å². The van der Waals surface area contributed by atoms with Crippen LogP contribution < -0.4 is 9.80 Å². The van der Waals surface area contributed by atoms with Gasteiger partial charge in [-0.2, -0.15) is 0 Å². The largest absolute Gasteiger partial charge is 0.453 e. The third kappa shape index (κ3) is 7.90. The summed E-state index contributed by atoms with van der Waals surface area (Å²) in [6.45, 7) is 4.44. The standard InChI is InChI=1S/C81H58N2O2/c1-3-53-41-45-59(46-42-53)82(73-39-21-37-68-66-35-19-33-62(77(66)84-79(68)73)55-23-9-5-10-24-55)61-49-50-70-71(51-61)81(57-27-13-7-14-28-57,58-29-15-8-16-30-58)72-52-75(64-31-17-18-32-65(64)76(70)72)83(60-47-43-54(4-2)44-48-60)74-40-22-38-69-67-36-20-34-63(78(67)85-80(69)74)56-25-11-6-12-26-56/h5-52H,3-4H2,1-2H3. The molecule has 404 valence electrons. The minimum Gasteiger partial charge on any atom is -0.453 e. The Morgan fingerprint density at radius 1 is 0.294 bits per heavy atom. The van der Waals surface area contributed by atoms with Crippen molar-refractivity contribution >= 4 is 88.8 Å². The van der Waals surface area contributed by atoms with Gasteiger partial charge in [-0.3, -0.25) is 0 Å². The highest BCUT2D eigenvalue weighted by Gasteiger charge is 2.48. The molecule has 0 spiro atoms. The number of fused-ring (bicyclic) bond motifs is 11. The van der Waals surface area contributed by atoms with E-state index in [2.05, 4.69) is 315 Å². The monoisotopic (exact) mass is 1090 g/mol. The third-order valence-electron chi connectivity index (χ3n) is 17.9. The van der Waals surface area contributed by atoms with Gasteiger partial charge in [-0.1, -0.05) is 250 Å². The van der Waals surface area contributed by atoms with Crippen molar-refractivity contribution in [2.75, 3.05) is 9.80 Å². The van der Waals surface area contributed by atoms with E-state index in [1.807, 2.05) is 0 Å². The van der Waals surface area contributed by atoms with Crippen molar-refractivity contribution < 1.29 is 8.83 Å². The normalized spacial score (nSPS) is 12.5. The number of benzene rings is 13. The minimum absolute atomic E-state index is 0.802. The zero-order valence-corrected chi connectivity index (χ0v) is 47.3. The molecule has 0 fully saturated rings. The molecule has 0 bridgehead atoms. The molecular formula is C81H58N2O2. The average Bonchev–Trinajstić information content (AvgIpc) is 1.58. The first-order valence-corrected chi connectivity index (χ1v) is 29.7. The number of hydrogen-bond acceptors (Lipinski definition) is 4. The molecule has 0 saturated heterocycles. The van der Waals surface area contributed by atoms with Crippen LogP contribution in [-0.4, -0.2) is 0 Å². The number of para-hydroxylation sites is 4. The van der Waals surface area contributed by atoms with Crippen LogP contribution in [0.15, 0.2) is 300 Å². The van der Waals surface area contributed by atoms with E-state index in [-0.39, 0.29) is 0 Å². The molecule has 0 unspecified atom stereocenters. The number of hydrogen-bond donors (Lipinski definition) is 0. The maximum absolute atomic E-state index is 7.31. The van der Waals surface area contributed by atoms with Crippen molar-refractivity contribution in [3.05, 3.63) is 325 Å². The molecule has 0 atom stereocenters. The summed E-state index contributed by atoms with van der Waals surface area (Å²) in [6, 6.07) is 107. The molecule has 0 amide bonds. The highest BCUT2D eigenvalue weighted by molar-refractivity contribution is 6.17. The van der Waals surface area contributed by atoms with Gasteiger partial charge in [-0.15, -0.1) is 0 Å². The molecule has 13 aromatic carbocycles. The van der Waals surface area contributed by atoms with Gasteiger partial charge < -0.3 is 18.6 Å². The van der Waals surface area contributed by atoms with Gasteiger partial charge in [0, 0.05) is 55.1 Å². The maximum atomic E-state index is 7.31. The van der Waals surface area contributed by atoms with Crippen LogP contribution in [0, 0.1) is 0 Å². The quantitative estimate of drug-likeness (QED) is 0.122. The molecule has 0 radical (unpaired) electrons. The molecule has 85 heavy (non-hydrogen) atoms. The van der Waals surface area contributed by atoms with Crippen LogP contribution in [-0.2, 0) is 18.3 Å². The minimum atomic E-state index is -0.802. The Morgan fingerprint density at radius 3 is 1.21 bits per heavy atom. The van der Waals surface area contributed by atoms with Gasteiger partial charge in [0.25, 0.3) is 0 Å². The highest BCUT2D eigenvalue weighted by Crippen LogP contribution is 2.61. The summed E-state index contributed by atoms with van der Waals surface area (Å²) in [7, 11) is 0. The third-order valence-corrected chi connectivity index (χ3v) is 17.9. The first-order valence-electron chi connectivity index (χ1n) is 29.7. The fourth-order valence-electron chi connectivity index (χ4n) is 13.9. The molecule has 16 rings (SSSR count). The van der Waals surface area contributed by atoms with E-state index in [1.54, 1.807) is 0 Å². The lowest BCUT2D eigenvalue weighted by Gasteiger charge is -2.36. The van der Waals surface area contributed by atoms with Crippen molar-refractivity contribution in [3.63, 3.8) is 0 Å². The molecule has 4 heteroatoms. The summed E-state index contributed by atoms with van der Waals surface area (Å²) in [5.74, 6) is 0. The number of anilines is 6. The van der Waals surface area contributed by atoms with E-state index in [0.717, 1.165) is 118 Å². The summed E-state index contributed by atoms with van der Waals surface area (Å²) < 4.78 is 14.6. The van der Waals surface area contributed by atoms with Crippen LogP contribution in [0.1, 0.15) is 47.2 Å². The summed E-state index contributed by atoms with van der Waals surface area (Å²) in [4.78, 5) is 4.88. The van der Waals surface area contributed by atoms with Gasteiger partial charge in [-0.05, 0) is 128 Å². The van der Waals surface area contributed by atoms with Crippen molar-refractivity contribution in [1.82, 2.24) is 0 Å². The highest BCUT2D eigenvalue weighted by atomic mass is 16.3. The number of furan rings is 2. The van der Waals surface area contributed by atoms with E-state index >= 15 is 0 Å². The molecule has 4 nitrogen and oxygen atoms in total. The van der Waals surface area contributed by atoms with Crippen molar-refractivity contribution in [1.29, 1.82) is 0 Å². The first-order chi connectivity index (χ1) is 42.1. The first kappa shape index (κ1) is 50.1. The van der Waals surface area contributed by atoms with Crippen molar-refractivity contribution in [2.45, 2.75) is 32.1 Å². The Kier molecular flexibility index (Phi) is 12.0. The Morgan fingerprint density at radius 2 is 0.706 bits per heavy atom. The molecule has 2 heterocycles. The molecule has 2 aromatic heterocycles. The van der Waals surface area contributed by atoms with Crippen molar-refractivity contribution in [2.24, 2.45) is 0 Å². The van der Waals surface area contributed by atoms with Gasteiger partial charge in [0.05, 0.1) is 22.5 Å². The second-order valence-electron chi connectivity index (χ2n) is 22.4. The lowest BCUT2D eigenvalue weighted by atomic mass is 9.67. The van der Waals surface area contributed by atoms with Gasteiger partial charge >= 0.3 is 0 Å². The fraction of sp³-hybridized carbons (Fsp3) is 0.0617. The second-order valence-corrected chi connectivity index (χ2v) is 22.4. The summed E-state index contributed by atoms with van der Waals surface area (Å²) >= 11 is 0. The molecular weight excluding hydrogens is 1030 g/mol. The molecule has 15 aromatic rings. The molecule has 0 saturated carbocycles. The number of rotatable bonds is 12. The lowest BCUT2D eigenvalue weighted by molar-refractivity contribution is 0.670. The Hall–Kier alpha value is -10.7. The molecule has 1 aliphatic rings. The van der Waals surface area contributed by atoms with E-state index in [0.29, 0.717) is 0 Å². The smallest absolute Gasteiger partial charge is 0.159 e. The van der Waals surface area contributed by atoms with E-state index in [4.69, 9.17) is 8.83 Å². The SMILES string of the molecule is CCc1ccc(N(c2ccc3c(c2)C(c2ccccc2)(c2ccccc2)c2cc(N(c4ccc(CC)cc4)c4cccc5c4oc4c(-c6ccccc6)cccc45)c4ccccc4c2-3)c2cccc3c2oc2c(-c4ccccc4)cccc23)cc1. The van der Waals surface area contributed by atoms with Gasteiger partial charge in [-0.25, -0.2) is 0 Å². The van der Waals surface area contributed by atoms with E-state index < -0.39 is 5.41 Å². The van der Waals surface area contributed by atoms with Crippen LogP contribution >= 0.6 is 0 Å². The Balaban J connectivity index is 0.978. The molecule has 0 N–H and O–H groups in total. The summed E-state index contributed by atoms with van der Waals surface area (Å²) in [6.07, 6.45) is 1.87. The fourth-order valence-corrected chi connectivity index (χ4v) is 13.9. The predicted octanol–water partition coefficient (Wildman–Crippen LogP) is 22.4. The second kappa shape index (κ2) is 20.3. The van der Waals surface area contributed by atoms with Crippen LogP contribution in [0.5, 0.6) is 0 Å². The van der Waals surface area contributed by atoms with E-state index in [1.165, 1.54) is 49.9 Å². The Bertz CT molecular complexity index is 4970. The van der Waals surface area contributed by atoms with Crippen LogP contribution in [0.4, 0.5) is 34.1 Å². The van der Waals surface area contributed by atoms with Gasteiger partial charge in [0.15, 0.2) is 11.2 Å². The number of aryl methyl sites for hydroxylation is 2. The predicted molar refractivity (Wildman–Crippen MR) is 355 cm³/mol.